The van der Waals surface area contributed by atoms with Crippen molar-refractivity contribution in [2.75, 3.05) is 0 Å². The number of hydrogen-bond acceptors (Lipinski definition) is 2. The maximum absolute atomic E-state index is 5.40. The van der Waals surface area contributed by atoms with Gasteiger partial charge in [0.15, 0.2) is 0 Å². The SMILES string of the molecule is C#CCn1cncc1CN. The minimum atomic E-state index is 0.488. The maximum Gasteiger partial charge on any atom is 0.0957 e. The van der Waals surface area contributed by atoms with E-state index in [-0.39, 0.29) is 0 Å². The molecule has 0 aliphatic carbocycles. The first kappa shape index (κ1) is 6.84. The van der Waals surface area contributed by atoms with Gasteiger partial charge in [-0.3, -0.25) is 0 Å². The quantitative estimate of drug-likeness (QED) is 0.579. The normalized spacial score (nSPS) is 9.20. The van der Waals surface area contributed by atoms with Crippen LogP contribution in [-0.2, 0) is 13.1 Å². The van der Waals surface area contributed by atoms with Crippen LogP contribution in [0.1, 0.15) is 5.69 Å². The Labute approximate surface area is 59.9 Å². The molecular formula is C7H9N3. The molecule has 3 heteroatoms. The van der Waals surface area contributed by atoms with Crippen molar-refractivity contribution in [3.05, 3.63) is 18.2 Å². The van der Waals surface area contributed by atoms with Crippen LogP contribution in [0.25, 0.3) is 0 Å². The average molecular weight is 135 g/mol. The van der Waals surface area contributed by atoms with Crippen LogP contribution in [0, 0.1) is 12.3 Å². The predicted molar refractivity (Wildman–Crippen MR) is 39.0 cm³/mol. The molecule has 10 heavy (non-hydrogen) atoms. The minimum Gasteiger partial charge on any atom is -0.325 e. The highest BCUT2D eigenvalue weighted by Gasteiger charge is 1.95. The second kappa shape index (κ2) is 3.04. The number of nitrogens with two attached hydrogens (primary N) is 1. The van der Waals surface area contributed by atoms with Crippen molar-refractivity contribution in [1.82, 2.24) is 9.55 Å². The van der Waals surface area contributed by atoms with Crippen LogP contribution in [0.4, 0.5) is 0 Å². The van der Waals surface area contributed by atoms with Crippen molar-refractivity contribution in [2.24, 2.45) is 5.73 Å². The summed E-state index contributed by atoms with van der Waals surface area (Å²) in [4.78, 5) is 3.90. The van der Waals surface area contributed by atoms with E-state index < -0.39 is 0 Å². The van der Waals surface area contributed by atoms with Gasteiger partial charge in [-0.1, -0.05) is 5.92 Å². The van der Waals surface area contributed by atoms with E-state index in [1.165, 1.54) is 0 Å². The summed E-state index contributed by atoms with van der Waals surface area (Å²) in [5.41, 5.74) is 6.37. The second-order valence-electron chi connectivity index (χ2n) is 1.92. The van der Waals surface area contributed by atoms with E-state index in [0.29, 0.717) is 13.1 Å². The van der Waals surface area contributed by atoms with Crippen molar-refractivity contribution in [2.45, 2.75) is 13.1 Å². The lowest BCUT2D eigenvalue weighted by molar-refractivity contribution is 0.770. The Morgan fingerprint density at radius 2 is 2.60 bits per heavy atom. The van der Waals surface area contributed by atoms with E-state index in [4.69, 9.17) is 12.2 Å². The third kappa shape index (κ3) is 1.17. The van der Waals surface area contributed by atoms with Gasteiger partial charge in [-0.25, -0.2) is 4.98 Å². The average Bonchev–Trinajstić information content (AvgIpc) is 2.36. The van der Waals surface area contributed by atoms with Crippen molar-refractivity contribution in [3.63, 3.8) is 0 Å². The van der Waals surface area contributed by atoms with Gasteiger partial charge in [0.05, 0.1) is 18.6 Å². The van der Waals surface area contributed by atoms with Gasteiger partial charge in [0, 0.05) is 12.7 Å². The van der Waals surface area contributed by atoms with E-state index >= 15 is 0 Å². The lowest BCUT2D eigenvalue weighted by Crippen LogP contribution is -2.05. The largest absolute Gasteiger partial charge is 0.325 e. The highest BCUT2D eigenvalue weighted by molar-refractivity contribution is 5.00. The van der Waals surface area contributed by atoms with Crippen LogP contribution in [0.5, 0.6) is 0 Å². The molecule has 0 aliphatic rings. The van der Waals surface area contributed by atoms with E-state index in [9.17, 15) is 0 Å². The number of hydrogen-bond donors (Lipinski definition) is 1. The topological polar surface area (TPSA) is 43.8 Å². The molecule has 1 aromatic rings. The van der Waals surface area contributed by atoms with Crippen LogP contribution < -0.4 is 5.73 Å². The fourth-order valence-corrected chi connectivity index (χ4v) is 0.759. The summed E-state index contributed by atoms with van der Waals surface area (Å²) in [6, 6.07) is 0. The van der Waals surface area contributed by atoms with Crippen LogP contribution in [-0.4, -0.2) is 9.55 Å². The highest BCUT2D eigenvalue weighted by Crippen LogP contribution is 1.95. The lowest BCUT2D eigenvalue weighted by atomic mass is 10.4. The summed E-state index contributed by atoms with van der Waals surface area (Å²) in [7, 11) is 0. The zero-order valence-electron chi connectivity index (χ0n) is 5.62. The smallest absolute Gasteiger partial charge is 0.0957 e. The summed E-state index contributed by atoms with van der Waals surface area (Å²) in [6.07, 6.45) is 8.51. The van der Waals surface area contributed by atoms with E-state index in [0.717, 1.165) is 5.69 Å². The van der Waals surface area contributed by atoms with Gasteiger partial charge in [-0.2, -0.15) is 0 Å². The lowest BCUT2D eigenvalue weighted by Gasteiger charge is -1.98. The maximum atomic E-state index is 5.40. The van der Waals surface area contributed by atoms with Gasteiger partial charge in [-0.15, -0.1) is 6.42 Å². The molecular weight excluding hydrogens is 126 g/mol. The number of aromatic nitrogens is 2. The summed E-state index contributed by atoms with van der Waals surface area (Å²) >= 11 is 0. The first-order valence-corrected chi connectivity index (χ1v) is 3.01. The molecule has 2 N–H and O–H groups in total. The number of nitrogens with zero attached hydrogens (tertiary/aromatic N) is 2. The first-order chi connectivity index (χ1) is 4.88. The van der Waals surface area contributed by atoms with Gasteiger partial charge < -0.3 is 10.3 Å². The molecule has 0 radical (unpaired) electrons. The van der Waals surface area contributed by atoms with Crippen LogP contribution in [0.3, 0.4) is 0 Å². The third-order valence-electron chi connectivity index (χ3n) is 1.27. The molecule has 0 aromatic carbocycles. The Hall–Kier alpha value is -1.27. The van der Waals surface area contributed by atoms with Gasteiger partial charge in [0.25, 0.3) is 0 Å². The van der Waals surface area contributed by atoms with Crippen molar-refractivity contribution >= 4 is 0 Å². The van der Waals surface area contributed by atoms with Crippen LogP contribution in [0.15, 0.2) is 12.5 Å². The summed E-state index contributed by atoms with van der Waals surface area (Å²) < 4.78 is 1.85. The molecule has 0 spiro atoms. The summed E-state index contributed by atoms with van der Waals surface area (Å²) in [5, 5.41) is 0. The minimum absolute atomic E-state index is 0.488. The second-order valence-corrected chi connectivity index (χ2v) is 1.92. The van der Waals surface area contributed by atoms with E-state index in [1.807, 2.05) is 4.57 Å². The zero-order chi connectivity index (χ0) is 7.40. The fraction of sp³-hybridized carbons (Fsp3) is 0.286. The summed E-state index contributed by atoms with van der Waals surface area (Å²) in [6.45, 7) is 1.04. The molecule has 0 aliphatic heterocycles. The molecule has 1 rings (SSSR count). The number of terminal acetylenes is 1. The van der Waals surface area contributed by atoms with Gasteiger partial charge >= 0.3 is 0 Å². The fourth-order valence-electron chi connectivity index (χ4n) is 0.759. The molecule has 0 bridgehead atoms. The molecule has 0 unspecified atom stereocenters. The van der Waals surface area contributed by atoms with Crippen LogP contribution in [0.2, 0.25) is 0 Å². The molecule has 1 aromatic heterocycles. The standard InChI is InChI=1S/C7H9N3/c1-2-3-10-6-9-5-7(10)4-8/h1,5-6H,3-4,8H2. The molecule has 0 atom stereocenters. The molecule has 0 saturated heterocycles. The molecule has 1 heterocycles. The van der Waals surface area contributed by atoms with Gasteiger partial charge in [-0.05, 0) is 0 Å². The summed E-state index contributed by atoms with van der Waals surface area (Å²) in [5.74, 6) is 2.51. The Morgan fingerprint density at radius 1 is 1.80 bits per heavy atom. The molecule has 0 amide bonds. The van der Waals surface area contributed by atoms with Crippen molar-refractivity contribution < 1.29 is 0 Å². The number of imidazole rings is 1. The Balaban J connectivity index is 2.82. The highest BCUT2D eigenvalue weighted by atomic mass is 15.0. The Bertz CT molecular complexity index is 244. The monoisotopic (exact) mass is 135 g/mol. The van der Waals surface area contributed by atoms with Crippen molar-refractivity contribution in [3.8, 4) is 12.3 Å². The van der Waals surface area contributed by atoms with E-state index in [2.05, 4.69) is 10.9 Å². The molecule has 0 saturated carbocycles. The molecule has 3 nitrogen and oxygen atoms in total. The van der Waals surface area contributed by atoms with Crippen LogP contribution >= 0.6 is 0 Å². The molecule has 0 fully saturated rings. The Morgan fingerprint density at radius 3 is 3.20 bits per heavy atom. The first-order valence-electron chi connectivity index (χ1n) is 3.01. The molecule has 52 valence electrons. The van der Waals surface area contributed by atoms with Gasteiger partial charge in [0.2, 0.25) is 0 Å². The zero-order valence-corrected chi connectivity index (χ0v) is 5.62. The van der Waals surface area contributed by atoms with Gasteiger partial charge in [0.1, 0.15) is 0 Å². The third-order valence-corrected chi connectivity index (χ3v) is 1.27. The predicted octanol–water partition coefficient (Wildman–Crippen LogP) is -0.0250. The number of rotatable bonds is 2. The van der Waals surface area contributed by atoms with E-state index in [1.54, 1.807) is 12.5 Å². The van der Waals surface area contributed by atoms with Crippen molar-refractivity contribution in [1.29, 1.82) is 0 Å². The Kier molecular flexibility index (Phi) is 2.08.